The lowest BCUT2D eigenvalue weighted by molar-refractivity contribution is -0.145. The van der Waals surface area contributed by atoms with Gasteiger partial charge in [0, 0.05) is 5.41 Å². The molecule has 0 bridgehead atoms. The maximum absolute atomic E-state index is 13.3. The highest BCUT2D eigenvalue weighted by molar-refractivity contribution is 5.73. The smallest absolute Gasteiger partial charge is 0.310 e. The molecule has 52 heavy (non-hydrogen) atoms. The first-order valence-corrected chi connectivity index (χ1v) is 21.5. The first-order valence-electron chi connectivity index (χ1n) is 21.5. The third-order valence-corrected chi connectivity index (χ3v) is 15.0. The largest absolute Gasteiger partial charge is 0.481 e. The normalized spacial score (nSPS) is 32.2. The summed E-state index contributed by atoms with van der Waals surface area (Å²) in [6, 6.07) is 22.3. The third kappa shape index (κ3) is 8.41. The molecular weight excluding hydrogens is 635 g/mol. The van der Waals surface area contributed by atoms with Crippen LogP contribution in [0.2, 0.25) is 0 Å². The lowest BCUT2D eigenvalue weighted by atomic mass is 9.46. The van der Waals surface area contributed by atoms with Gasteiger partial charge in [-0.25, -0.2) is 0 Å². The highest BCUT2D eigenvalue weighted by atomic mass is 16.4. The molecule has 7 rings (SSSR count). The van der Waals surface area contributed by atoms with Gasteiger partial charge in [-0.1, -0.05) is 148 Å². The van der Waals surface area contributed by atoms with Gasteiger partial charge in [0.1, 0.15) is 0 Å². The molecule has 0 radical (unpaired) electrons. The van der Waals surface area contributed by atoms with Gasteiger partial charge in [-0.3, -0.25) is 4.79 Å². The van der Waals surface area contributed by atoms with E-state index in [1.54, 1.807) is 0 Å². The van der Waals surface area contributed by atoms with Crippen LogP contribution in [0.1, 0.15) is 127 Å². The van der Waals surface area contributed by atoms with Crippen LogP contribution in [0.4, 0.5) is 0 Å². The number of fused-ring (bicyclic) bond motifs is 1. The second kappa shape index (κ2) is 17.5. The number of hydrogen-bond donors (Lipinski definition) is 2. The van der Waals surface area contributed by atoms with Crippen LogP contribution in [-0.4, -0.2) is 17.6 Å². The summed E-state index contributed by atoms with van der Waals surface area (Å²) in [5.41, 5.74) is 9.88. The molecule has 3 fully saturated rings. The van der Waals surface area contributed by atoms with E-state index in [4.69, 9.17) is 5.73 Å². The molecular formula is C49H67NO2. The monoisotopic (exact) mass is 702 g/mol. The summed E-state index contributed by atoms with van der Waals surface area (Å²) in [6.45, 7) is 0.582. The number of carboxylic acid groups (broad SMARTS) is 1. The van der Waals surface area contributed by atoms with E-state index < -0.39 is 11.9 Å². The molecule has 3 heteroatoms. The maximum atomic E-state index is 13.3. The number of aliphatic carboxylic acids is 1. The summed E-state index contributed by atoms with van der Waals surface area (Å²) in [6.07, 6.45) is 38.8. The van der Waals surface area contributed by atoms with Crippen molar-refractivity contribution >= 4 is 5.97 Å². The summed E-state index contributed by atoms with van der Waals surface area (Å²) in [4.78, 5) is 13.3. The molecule has 3 nitrogen and oxygen atoms in total. The van der Waals surface area contributed by atoms with E-state index in [1.165, 1.54) is 101 Å². The zero-order chi connectivity index (χ0) is 35.8. The van der Waals surface area contributed by atoms with Gasteiger partial charge in [0.2, 0.25) is 0 Å². The van der Waals surface area contributed by atoms with Crippen LogP contribution in [0.15, 0.2) is 97.1 Å². The molecule has 2 aromatic carbocycles. The molecule has 0 unspecified atom stereocenters. The minimum atomic E-state index is -0.656. The summed E-state index contributed by atoms with van der Waals surface area (Å²) in [5.74, 6) is 1.34. The number of allylic oxidation sites excluding steroid dienone is 4. The van der Waals surface area contributed by atoms with Gasteiger partial charge < -0.3 is 10.8 Å². The van der Waals surface area contributed by atoms with Crippen LogP contribution in [0, 0.1) is 52.8 Å². The quantitative estimate of drug-likeness (QED) is 0.193. The number of nitrogens with two attached hydrogens (primary N) is 1. The molecule has 280 valence electrons. The Morgan fingerprint density at radius 3 is 2.23 bits per heavy atom. The number of carboxylic acids is 1. The van der Waals surface area contributed by atoms with Crippen molar-refractivity contribution in [1.82, 2.24) is 0 Å². The fourth-order valence-corrected chi connectivity index (χ4v) is 12.5. The van der Waals surface area contributed by atoms with Gasteiger partial charge in [0.05, 0.1) is 5.92 Å². The topological polar surface area (TPSA) is 63.3 Å². The molecule has 1 spiro atoms. The fourth-order valence-electron chi connectivity index (χ4n) is 12.5. The Morgan fingerprint density at radius 1 is 0.788 bits per heavy atom. The second-order valence-corrected chi connectivity index (χ2v) is 18.1. The summed E-state index contributed by atoms with van der Waals surface area (Å²) in [5, 5.41) is 10.9. The van der Waals surface area contributed by atoms with Crippen molar-refractivity contribution < 1.29 is 9.90 Å². The lowest BCUT2D eigenvalue weighted by Gasteiger charge is -2.57. The van der Waals surface area contributed by atoms with Crippen molar-refractivity contribution in [3.63, 3.8) is 0 Å². The Hall–Kier alpha value is -2.91. The Bertz CT molecular complexity index is 1500. The molecule has 0 heterocycles. The van der Waals surface area contributed by atoms with Gasteiger partial charge >= 0.3 is 5.97 Å². The van der Waals surface area contributed by atoms with Gasteiger partial charge in [-0.2, -0.15) is 0 Å². The van der Waals surface area contributed by atoms with E-state index in [0.717, 1.165) is 38.0 Å². The number of carbonyl (C=O) groups is 1. The molecule has 8 atom stereocenters. The Labute approximate surface area is 315 Å². The predicted octanol–water partition coefficient (Wildman–Crippen LogP) is 11.9. The highest BCUT2D eigenvalue weighted by Gasteiger charge is 2.57. The van der Waals surface area contributed by atoms with Crippen molar-refractivity contribution in [3.8, 4) is 0 Å². The van der Waals surface area contributed by atoms with Gasteiger partial charge in [0.15, 0.2) is 0 Å². The third-order valence-electron chi connectivity index (χ3n) is 15.0. The Morgan fingerprint density at radius 2 is 1.50 bits per heavy atom. The van der Waals surface area contributed by atoms with E-state index >= 15 is 0 Å². The first kappa shape index (κ1) is 37.4. The molecule has 5 aliphatic rings. The van der Waals surface area contributed by atoms with Crippen LogP contribution < -0.4 is 5.73 Å². The van der Waals surface area contributed by atoms with Crippen LogP contribution >= 0.6 is 0 Å². The molecule has 5 aliphatic carbocycles. The number of aryl methyl sites for hydroxylation is 1. The molecule has 3 saturated carbocycles. The van der Waals surface area contributed by atoms with Crippen LogP contribution in [0.25, 0.3) is 0 Å². The summed E-state index contributed by atoms with van der Waals surface area (Å²) < 4.78 is 0. The van der Waals surface area contributed by atoms with E-state index in [0.29, 0.717) is 23.8 Å². The SMILES string of the molecule is NC[C@H]1C=C[C@@H](C(=O)O)[C@H]2[C@@H]1[C@@H](C[C@@H](C/C=C\CCC1CCCCC1)CCc1ccccc1)C=C[C@@H]2[C@]1(c2ccccc2)CCCC2(CCCC2)C1. The van der Waals surface area contributed by atoms with Crippen molar-refractivity contribution in [3.05, 3.63) is 108 Å². The Balaban J connectivity index is 1.19. The predicted molar refractivity (Wildman–Crippen MR) is 216 cm³/mol. The van der Waals surface area contributed by atoms with Crippen LogP contribution in [-0.2, 0) is 16.6 Å². The van der Waals surface area contributed by atoms with E-state index in [2.05, 4.69) is 97.1 Å². The lowest BCUT2D eigenvalue weighted by Crippen LogP contribution is -2.54. The second-order valence-electron chi connectivity index (χ2n) is 18.1. The highest BCUT2D eigenvalue weighted by Crippen LogP contribution is 2.63. The Kier molecular flexibility index (Phi) is 12.6. The minimum absolute atomic E-state index is 0.0416. The average Bonchev–Trinajstić information content (AvgIpc) is 3.63. The number of hydrogen-bond acceptors (Lipinski definition) is 2. The van der Waals surface area contributed by atoms with Gasteiger partial charge in [0.25, 0.3) is 0 Å². The average molecular weight is 702 g/mol. The minimum Gasteiger partial charge on any atom is -0.481 e. The summed E-state index contributed by atoms with van der Waals surface area (Å²) in [7, 11) is 0. The van der Waals surface area contributed by atoms with E-state index in [1.807, 2.05) is 0 Å². The maximum Gasteiger partial charge on any atom is 0.310 e. The van der Waals surface area contributed by atoms with Crippen molar-refractivity contribution in [1.29, 1.82) is 0 Å². The van der Waals surface area contributed by atoms with Gasteiger partial charge in [-0.15, -0.1) is 0 Å². The van der Waals surface area contributed by atoms with Gasteiger partial charge in [-0.05, 0) is 135 Å². The van der Waals surface area contributed by atoms with E-state index in [-0.39, 0.29) is 29.1 Å². The van der Waals surface area contributed by atoms with Crippen molar-refractivity contribution in [2.24, 2.45) is 58.5 Å². The van der Waals surface area contributed by atoms with Crippen LogP contribution in [0.3, 0.4) is 0 Å². The first-order chi connectivity index (χ1) is 25.5. The molecule has 0 saturated heterocycles. The molecule has 0 amide bonds. The fraction of sp³-hybridized carbons (Fsp3) is 0.612. The van der Waals surface area contributed by atoms with Crippen molar-refractivity contribution in [2.75, 3.05) is 6.54 Å². The molecule has 0 aromatic heterocycles. The molecule has 0 aliphatic heterocycles. The van der Waals surface area contributed by atoms with Crippen molar-refractivity contribution in [2.45, 2.75) is 127 Å². The van der Waals surface area contributed by atoms with Crippen LogP contribution in [0.5, 0.6) is 0 Å². The molecule has 2 aromatic rings. The standard InChI is InChI=1S/C49H67NO2/c50-35-41-26-28-43(47(51)52)46-44(49(42-22-11-4-12-23-42)33-15-32-48(36-49)30-13-14-31-48)29-27-40(45(41)46)34-39(25-24-38-19-8-2-9-20-38)21-10-3-7-18-37-16-5-1-6-17-37/h2-4,8-12,19-20,22-23,26-29,37,39-41,43-46H,1,5-7,13-18,21,24-25,30-36,50H2,(H,51,52)/b10-3-/t39-,40+,41+,43+,44-,45+,46+,49+/m0/s1. The summed E-state index contributed by atoms with van der Waals surface area (Å²) >= 11 is 0. The number of rotatable bonds is 14. The molecule has 3 N–H and O–H groups in total. The number of benzene rings is 2. The zero-order valence-electron chi connectivity index (χ0n) is 31.9. The van der Waals surface area contributed by atoms with E-state index in [9.17, 15) is 9.90 Å². The zero-order valence-corrected chi connectivity index (χ0v) is 31.9.